The minimum absolute atomic E-state index is 0.00736. The fourth-order valence-corrected chi connectivity index (χ4v) is 1.32. The molecule has 0 unspecified atom stereocenters. The number of nitro groups is 1. The Morgan fingerprint density at radius 2 is 2.25 bits per heavy atom. The third-order valence-electron chi connectivity index (χ3n) is 2.15. The Bertz CT molecular complexity index is 599. The van der Waals surface area contributed by atoms with Gasteiger partial charge in [0, 0.05) is 11.6 Å². The number of aromatic nitrogens is 2. The predicted molar refractivity (Wildman–Crippen MR) is 52.3 cm³/mol. The van der Waals surface area contributed by atoms with Gasteiger partial charge in [-0.3, -0.25) is 14.6 Å². The molecular formula is C9H8N3O4+. The van der Waals surface area contributed by atoms with Gasteiger partial charge < -0.3 is 0 Å². The van der Waals surface area contributed by atoms with Crippen molar-refractivity contribution in [3.8, 4) is 5.69 Å². The average Bonchev–Trinajstić information content (AvgIpc) is 2.65. The van der Waals surface area contributed by atoms with Gasteiger partial charge in [-0.05, 0) is 22.9 Å². The maximum atomic E-state index is 10.8. The minimum atomic E-state index is -0.553. The molecule has 0 saturated carbocycles. The van der Waals surface area contributed by atoms with E-state index in [1.54, 1.807) is 19.1 Å². The molecule has 1 N–H and O–H groups in total. The van der Waals surface area contributed by atoms with E-state index in [0.29, 0.717) is 11.3 Å². The van der Waals surface area contributed by atoms with E-state index < -0.39 is 10.5 Å². The molecule has 0 radical (unpaired) electrons. The molecule has 1 aromatic heterocycles. The van der Waals surface area contributed by atoms with Crippen LogP contribution in [0.15, 0.2) is 33.7 Å². The first-order valence-electron chi connectivity index (χ1n) is 4.43. The maximum Gasteiger partial charge on any atom is 0.427 e. The normalized spacial score (nSPS) is 10.3. The number of benzene rings is 1. The lowest BCUT2D eigenvalue weighted by Gasteiger charge is -1.95. The lowest BCUT2D eigenvalue weighted by molar-refractivity contribution is -0.670. The summed E-state index contributed by atoms with van der Waals surface area (Å²) >= 11 is 0. The number of nitrogens with zero attached hydrogens (tertiary/aromatic N) is 2. The quantitative estimate of drug-likeness (QED) is 0.453. The van der Waals surface area contributed by atoms with Crippen molar-refractivity contribution in [1.29, 1.82) is 0 Å². The van der Waals surface area contributed by atoms with Gasteiger partial charge in [-0.2, -0.15) is 0 Å². The fourth-order valence-electron chi connectivity index (χ4n) is 1.32. The molecule has 0 aliphatic heterocycles. The van der Waals surface area contributed by atoms with Crippen molar-refractivity contribution in [1.82, 2.24) is 5.27 Å². The van der Waals surface area contributed by atoms with E-state index in [4.69, 9.17) is 0 Å². The minimum Gasteiger partial charge on any atom is -0.283 e. The number of nitro benzene ring substituents is 1. The summed E-state index contributed by atoms with van der Waals surface area (Å²) in [6.45, 7) is 1.64. The summed E-state index contributed by atoms with van der Waals surface area (Å²) in [6, 6.07) is 4.61. The summed E-state index contributed by atoms with van der Waals surface area (Å²) in [6.07, 6.45) is 1.16. The van der Waals surface area contributed by atoms with Crippen LogP contribution in [0, 0.1) is 17.0 Å². The molecule has 7 heteroatoms. The van der Waals surface area contributed by atoms with Gasteiger partial charge in [-0.25, -0.2) is 4.79 Å². The predicted octanol–water partition coefficient (Wildman–Crippen LogP) is 0.461. The molecule has 0 saturated heterocycles. The van der Waals surface area contributed by atoms with Crippen molar-refractivity contribution in [2.45, 2.75) is 6.92 Å². The van der Waals surface area contributed by atoms with E-state index in [1.807, 2.05) is 0 Å². The molecule has 16 heavy (non-hydrogen) atoms. The Kier molecular flexibility index (Phi) is 2.28. The molecule has 0 spiro atoms. The average molecular weight is 222 g/mol. The number of hydrogen-bond donors (Lipinski definition) is 1. The largest absolute Gasteiger partial charge is 0.427 e. The summed E-state index contributed by atoms with van der Waals surface area (Å²) in [7, 11) is 0. The van der Waals surface area contributed by atoms with Gasteiger partial charge >= 0.3 is 5.63 Å². The van der Waals surface area contributed by atoms with E-state index >= 15 is 0 Å². The standard InChI is InChI=1S/C9H7N3O4/c1-6-2-3-7(4-8(6)12(14)15)11-5-9(13)16-10-11/h2-5H,1H3/p+1. The van der Waals surface area contributed by atoms with E-state index in [2.05, 4.69) is 9.79 Å². The Balaban J connectivity index is 2.55. The van der Waals surface area contributed by atoms with Crippen LogP contribution in [0.25, 0.3) is 5.69 Å². The second-order valence-electron chi connectivity index (χ2n) is 3.24. The van der Waals surface area contributed by atoms with Crippen LogP contribution in [0.4, 0.5) is 5.69 Å². The van der Waals surface area contributed by atoms with Gasteiger partial charge in [0.1, 0.15) is 0 Å². The van der Waals surface area contributed by atoms with Gasteiger partial charge in [0.25, 0.3) is 11.9 Å². The van der Waals surface area contributed by atoms with Gasteiger partial charge in [-0.15, -0.1) is 0 Å². The highest BCUT2D eigenvalue weighted by molar-refractivity contribution is 5.45. The Morgan fingerprint density at radius 3 is 2.81 bits per heavy atom. The van der Waals surface area contributed by atoms with E-state index in [9.17, 15) is 14.9 Å². The van der Waals surface area contributed by atoms with Crippen molar-refractivity contribution in [2.75, 3.05) is 0 Å². The smallest absolute Gasteiger partial charge is 0.283 e. The molecule has 0 atom stereocenters. The van der Waals surface area contributed by atoms with Crippen LogP contribution < -0.4 is 10.3 Å². The molecule has 82 valence electrons. The van der Waals surface area contributed by atoms with Crippen LogP contribution in [0.5, 0.6) is 0 Å². The van der Waals surface area contributed by atoms with Crippen molar-refractivity contribution in [3.63, 3.8) is 0 Å². The van der Waals surface area contributed by atoms with Gasteiger partial charge in [-0.1, -0.05) is 0 Å². The topological polar surface area (TPSA) is 93.0 Å². The van der Waals surface area contributed by atoms with Crippen LogP contribution in [0.3, 0.4) is 0 Å². The molecule has 0 aliphatic rings. The molecule has 2 aromatic rings. The van der Waals surface area contributed by atoms with Gasteiger partial charge in [0.15, 0.2) is 0 Å². The first-order chi connectivity index (χ1) is 7.58. The summed E-state index contributed by atoms with van der Waals surface area (Å²) in [5.74, 6) is 0. The third kappa shape index (κ3) is 1.70. The summed E-state index contributed by atoms with van der Waals surface area (Å²) < 4.78 is 5.73. The first kappa shape index (κ1) is 10.1. The number of H-pyrrole nitrogens is 1. The molecule has 0 bridgehead atoms. The molecule has 2 rings (SSSR count). The van der Waals surface area contributed by atoms with Gasteiger partial charge in [0.05, 0.1) is 11.0 Å². The zero-order chi connectivity index (χ0) is 11.7. The van der Waals surface area contributed by atoms with Crippen molar-refractivity contribution < 1.29 is 14.1 Å². The molecular weight excluding hydrogens is 214 g/mol. The van der Waals surface area contributed by atoms with Crippen molar-refractivity contribution in [3.05, 3.63) is 50.5 Å². The highest BCUT2D eigenvalue weighted by Gasteiger charge is 2.17. The van der Waals surface area contributed by atoms with E-state index in [0.717, 1.165) is 6.20 Å². The van der Waals surface area contributed by atoms with Crippen molar-refractivity contribution in [2.24, 2.45) is 0 Å². The monoisotopic (exact) mass is 222 g/mol. The summed E-state index contributed by atoms with van der Waals surface area (Å²) in [5, 5.41) is 13.0. The summed E-state index contributed by atoms with van der Waals surface area (Å²) in [4.78, 5) is 21.0. The van der Waals surface area contributed by atoms with Crippen molar-refractivity contribution >= 4 is 5.69 Å². The number of rotatable bonds is 2. The van der Waals surface area contributed by atoms with E-state index in [-0.39, 0.29) is 5.69 Å². The van der Waals surface area contributed by atoms with Crippen LogP contribution >= 0.6 is 0 Å². The zero-order valence-electron chi connectivity index (χ0n) is 8.34. The Morgan fingerprint density at radius 1 is 1.50 bits per heavy atom. The highest BCUT2D eigenvalue weighted by Crippen LogP contribution is 2.18. The van der Waals surface area contributed by atoms with Crippen LogP contribution in [0.1, 0.15) is 5.56 Å². The zero-order valence-corrected chi connectivity index (χ0v) is 8.34. The summed E-state index contributed by atoms with van der Waals surface area (Å²) in [5.41, 5.74) is 0.457. The van der Waals surface area contributed by atoms with E-state index in [1.165, 1.54) is 10.7 Å². The lowest BCUT2D eigenvalue weighted by atomic mass is 10.2. The van der Waals surface area contributed by atoms with Gasteiger partial charge in [0.2, 0.25) is 5.69 Å². The molecule has 0 amide bonds. The lowest BCUT2D eigenvalue weighted by Crippen LogP contribution is -2.32. The Hall–Kier alpha value is -2.44. The molecule has 0 fully saturated rings. The number of aryl methyl sites for hydroxylation is 1. The fraction of sp³-hybridized carbons (Fsp3) is 0.111. The molecule has 7 nitrogen and oxygen atoms in total. The molecule has 1 heterocycles. The maximum absolute atomic E-state index is 10.8. The molecule has 1 aromatic carbocycles. The second kappa shape index (κ2) is 3.61. The Labute approximate surface area is 89.0 Å². The second-order valence-corrected chi connectivity index (χ2v) is 3.24. The highest BCUT2D eigenvalue weighted by atomic mass is 16.6. The molecule has 0 aliphatic carbocycles. The van der Waals surface area contributed by atoms with Crippen LogP contribution in [-0.4, -0.2) is 10.2 Å². The van der Waals surface area contributed by atoms with Crippen LogP contribution in [0.2, 0.25) is 0 Å². The number of hydrogen-bond acceptors (Lipinski definition) is 4. The first-order valence-corrected chi connectivity index (χ1v) is 4.43. The number of aromatic amines is 1. The van der Waals surface area contributed by atoms with Crippen LogP contribution in [-0.2, 0) is 0 Å². The number of nitrogens with one attached hydrogen (secondary N) is 1. The SMILES string of the molecule is Cc1ccc(-[n+]2cc(=O)o[nH]2)cc1[N+](=O)[O-]. The third-order valence-corrected chi connectivity index (χ3v) is 2.15.